The summed E-state index contributed by atoms with van der Waals surface area (Å²) in [5.41, 5.74) is 3.91. The van der Waals surface area contributed by atoms with Gasteiger partial charge in [0.05, 0.1) is 13.6 Å². The minimum Gasteiger partial charge on any atom is -0.297 e. The van der Waals surface area contributed by atoms with Gasteiger partial charge in [-0.2, -0.15) is 0 Å². The summed E-state index contributed by atoms with van der Waals surface area (Å²) in [5.74, 6) is 0. The predicted octanol–water partition coefficient (Wildman–Crippen LogP) is 3.65. The van der Waals surface area contributed by atoms with Gasteiger partial charge in [0.1, 0.15) is 5.65 Å². The zero-order valence-corrected chi connectivity index (χ0v) is 13.2. The number of aromatic nitrogens is 2. The fourth-order valence-electron chi connectivity index (χ4n) is 3.96. The molecule has 21 heavy (non-hydrogen) atoms. The smallest absolute Gasteiger partial charge is 0.145 e. The molecule has 0 N–H and O–H groups in total. The van der Waals surface area contributed by atoms with E-state index in [0.717, 1.165) is 5.65 Å². The van der Waals surface area contributed by atoms with Crippen molar-refractivity contribution in [3.05, 3.63) is 54.4 Å². The van der Waals surface area contributed by atoms with Crippen LogP contribution >= 0.6 is 0 Å². The quantitative estimate of drug-likeness (QED) is 0.356. The molecule has 102 valence electrons. The highest BCUT2D eigenvalue weighted by atomic mass is 28.3. The van der Waals surface area contributed by atoms with E-state index in [0.29, 0.717) is 0 Å². The van der Waals surface area contributed by atoms with E-state index in [4.69, 9.17) is 4.98 Å². The lowest BCUT2D eigenvalue weighted by Crippen LogP contribution is -2.47. The molecular formula is C18H16N2Si. The fourth-order valence-corrected chi connectivity index (χ4v) is 6.74. The molecule has 0 spiro atoms. The number of benzene rings is 2. The lowest BCUT2D eigenvalue weighted by molar-refractivity contribution is 1.10. The van der Waals surface area contributed by atoms with E-state index in [9.17, 15) is 0 Å². The first kappa shape index (κ1) is 11.5. The Balaban J connectivity index is 2.22. The maximum Gasteiger partial charge on any atom is 0.145 e. The molecule has 3 heterocycles. The summed E-state index contributed by atoms with van der Waals surface area (Å²) in [6, 6.07) is 16.7. The number of hydrogen-bond acceptors (Lipinski definition) is 1. The molecule has 1 aliphatic rings. The molecule has 0 unspecified atom stereocenters. The second-order valence-corrected chi connectivity index (χ2v) is 11.4. The van der Waals surface area contributed by atoms with E-state index in [1.807, 2.05) is 0 Å². The van der Waals surface area contributed by atoms with Crippen LogP contribution in [-0.4, -0.2) is 17.5 Å². The van der Waals surface area contributed by atoms with Crippen LogP contribution in [0.2, 0.25) is 13.1 Å². The number of fused-ring (bicyclic) bond motifs is 3. The molecule has 0 aliphatic carbocycles. The zero-order valence-electron chi connectivity index (χ0n) is 12.2. The van der Waals surface area contributed by atoms with Gasteiger partial charge >= 0.3 is 0 Å². The van der Waals surface area contributed by atoms with Crippen molar-refractivity contribution in [2.24, 2.45) is 0 Å². The summed E-state index contributed by atoms with van der Waals surface area (Å²) in [6.07, 6.45) is 2.09. The Morgan fingerprint density at radius 2 is 1.71 bits per heavy atom. The number of nitrogens with zero attached hydrogens (tertiary/aromatic N) is 2. The van der Waals surface area contributed by atoms with Crippen LogP contribution in [0.4, 0.5) is 0 Å². The van der Waals surface area contributed by atoms with Gasteiger partial charge in [-0.25, -0.2) is 4.98 Å². The van der Waals surface area contributed by atoms with Crippen molar-refractivity contribution >= 4 is 40.6 Å². The highest BCUT2D eigenvalue weighted by molar-refractivity contribution is 6.91. The first-order valence-corrected chi connectivity index (χ1v) is 10.7. The molecule has 2 aromatic heterocycles. The van der Waals surface area contributed by atoms with Gasteiger partial charge < -0.3 is 0 Å². The van der Waals surface area contributed by atoms with Crippen molar-refractivity contribution in [1.29, 1.82) is 0 Å². The topological polar surface area (TPSA) is 17.3 Å². The van der Waals surface area contributed by atoms with Crippen LogP contribution in [-0.2, 0) is 6.04 Å². The minimum atomic E-state index is -1.43. The maximum atomic E-state index is 4.75. The molecule has 4 aromatic rings. The van der Waals surface area contributed by atoms with Crippen molar-refractivity contribution < 1.29 is 0 Å². The Hall–Kier alpha value is -2.13. The molecule has 0 radical (unpaired) electrons. The van der Waals surface area contributed by atoms with Crippen LogP contribution in [0.1, 0.15) is 5.69 Å². The summed E-state index contributed by atoms with van der Waals surface area (Å²) in [5, 5.41) is 5.52. The number of para-hydroxylation sites is 1. The first-order valence-electron chi connectivity index (χ1n) is 7.47. The monoisotopic (exact) mass is 288 g/mol. The van der Waals surface area contributed by atoms with Gasteiger partial charge in [-0.15, -0.1) is 0 Å². The van der Waals surface area contributed by atoms with E-state index in [-0.39, 0.29) is 0 Å². The molecule has 2 aromatic carbocycles. The molecule has 0 atom stereocenters. The first-order chi connectivity index (χ1) is 10.2. The average Bonchev–Trinajstić information content (AvgIpc) is 2.90. The van der Waals surface area contributed by atoms with Gasteiger partial charge in [0.25, 0.3) is 0 Å². The zero-order chi connectivity index (χ0) is 14.2. The van der Waals surface area contributed by atoms with Gasteiger partial charge in [0, 0.05) is 22.7 Å². The normalized spacial score (nSPS) is 16.3. The molecule has 3 heteroatoms. The molecule has 0 amide bonds. The highest BCUT2D eigenvalue weighted by Crippen LogP contribution is 2.33. The van der Waals surface area contributed by atoms with Gasteiger partial charge in [0.15, 0.2) is 0 Å². The maximum absolute atomic E-state index is 4.75. The lowest BCUT2D eigenvalue weighted by Gasteiger charge is -2.30. The largest absolute Gasteiger partial charge is 0.297 e. The number of rotatable bonds is 0. The second-order valence-electron chi connectivity index (χ2n) is 6.72. The van der Waals surface area contributed by atoms with E-state index in [1.165, 1.54) is 33.4 Å². The van der Waals surface area contributed by atoms with E-state index >= 15 is 0 Å². The van der Waals surface area contributed by atoms with E-state index in [1.54, 1.807) is 5.19 Å². The number of hydrogen-bond donors (Lipinski definition) is 0. The molecule has 0 saturated carbocycles. The SMILES string of the molecule is C[Si]1(C)Cc2cnc3c4ccccc4c4cccc1c4n23. The summed E-state index contributed by atoms with van der Waals surface area (Å²) >= 11 is 0. The third-order valence-corrected chi connectivity index (χ3v) is 8.01. The van der Waals surface area contributed by atoms with Gasteiger partial charge in [-0.3, -0.25) is 4.40 Å². The van der Waals surface area contributed by atoms with E-state index < -0.39 is 8.07 Å². The van der Waals surface area contributed by atoms with Crippen molar-refractivity contribution in [1.82, 2.24) is 9.38 Å². The number of imidazole rings is 1. The Morgan fingerprint density at radius 3 is 2.57 bits per heavy atom. The van der Waals surface area contributed by atoms with Crippen molar-refractivity contribution in [2.75, 3.05) is 0 Å². The number of pyridine rings is 1. The van der Waals surface area contributed by atoms with Crippen molar-refractivity contribution in [2.45, 2.75) is 19.1 Å². The molecule has 1 aliphatic heterocycles. The Labute approximate surface area is 124 Å². The molecular weight excluding hydrogens is 272 g/mol. The van der Waals surface area contributed by atoms with Crippen LogP contribution in [0.15, 0.2) is 48.7 Å². The predicted molar refractivity (Wildman–Crippen MR) is 91.0 cm³/mol. The summed E-state index contributed by atoms with van der Waals surface area (Å²) in [4.78, 5) is 4.75. The summed E-state index contributed by atoms with van der Waals surface area (Å²) < 4.78 is 2.41. The lowest BCUT2D eigenvalue weighted by atomic mass is 10.1. The van der Waals surface area contributed by atoms with E-state index in [2.05, 4.69) is 66.2 Å². The summed E-state index contributed by atoms with van der Waals surface area (Å²) in [6.45, 7) is 4.94. The summed E-state index contributed by atoms with van der Waals surface area (Å²) in [7, 11) is -1.43. The Morgan fingerprint density at radius 1 is 0.952 bits per heavy atom. The Bertz CT molecular complexity index is 1040. The highest BCUT2D eigenvalue weighted by Gasteiger charge is 2.33. The van der Waals surface area contributed by atoms with Crippen LogP contribution in [0, 0.1) is 0 Å². The fraction of sp³-hybridized carbons (Fsp3) is 0.167. The molecule has 5 rings (SSSR count). The van der Waals surface area contributed by atoms with Gasteiger partial charge in [-0.1, -0.05) is 55.6 Å². The van der Waals surface area contributed by atoms with Crippen LogP contribution in [0.25, 0.3) is 27.3 Å². The molecule has 2 nitrogen and oxygen atoms in total. The van der Waals surface area contributed by atoms with Crippen molar-refractivity contribution in [3.63, 3.8) is 0 Å². The van der Waals surface area contributed by atoms with Crippen LogP contribution in [0.5, 0.6) is 0 Å². The second kappa shape index (κ2) is 3.54. The molecule has 0 fully saturated rings. The third-order valence-electron chi connectivity index (χ3n) is 4.90. The molecule has 0 saturated heterocycles. The standard InChI is InChI=1S/C18H16N2Si/c1-21(2)11-12-10-19-18-15-7-4-3-6-13(15)14-8-5-9-16(21)17(14)20(12)18/h3-10H,11H2,1-2H3. The van der Waals surface area contributed by atoms with Crippen LogP contribution < -0.4 is 5.19 Å². The van der Waals surface area contributed by atoms with Gasteiger partial charge in [0.2, 0.25) is 0 Å². The minimum absolute atomic E-state index is 1.12. The molecule has 0 bridgehead atoms. The van der Waals surface area contributed by atoms with Crippen LogP contribution in [0.3, 0.4) is 0 Å². The average molecular weight is 288 g/mol. The Kier molecular flexibility index (Phi) is 1.94. The third kappa shape index (κ3) is 1.30. The van der Waals surface area contributed by atoms with Gasteiger partial charge in [-0.05, 0) is 16.6 Å². The van der Waals surface area contributed by atoms with Crippen molar-refractivity contribution in [3.8, 4) is 0 Å².